The molecule has 11 heteroatoms. The molecular formula is C28H32ClN5O5. The molecule has 39 heavy (non-hydrogen) atoms. The number of aryl methyl sites for hydroxylation is 1. The summed E-state index contributed by atoms with van der Waals surface area (Å²) in [5, 5.41) is 5.30. The van der Waals surface area contributed by atoms with Gasteiger partial charge in [-0.1, -0.05) is 6.07 Å². The Kier molecular flexibility index (Phi) is 9.32. The molecule has 206 valence electrons. The number of pyridine rings is 1. The van der Waals surface area contributed by atoms with Gasteiger partial charge in [-0.25, -0.2) is 14.6 Å². The van der Waals surface area contributed by atoms with Gasteiger partial charge < -0.3 is 29.7 Å². The van der Waals surface area contributed by atoms with Crippen molar-refractivity contribution in [2.24, 2.45) is 0 Å². The lowest BCUT2D eigenvalue weighted by molar-refractivity contribution is 0.192. The summed E-state index contributed by atoms with van der Waals surface area (Å²) in [7, 11) is 3.19. The smallest absolute Gasteiger partial charge is 0.324 e. The highest BCUT2D eigenvalue weighted by atomic mass is 35.5. The number of carbonyl (C=O) groups excluding carboxylic acids is 2. The first-order valence-electron chi connectivity index (χ1n) is 12.5. The van der Waals surface area contributed by atoms with Crippen molar-refractivity contribution in [3.63, 3.8) is 0 Å². The average molecular weight is 554 g/mol. The molecular weight excluding hydrogens is 522 g/mol. The molecule has 0 aliphatic carbocycles. The Balaban J connectivity index is 1.40. The van der Waals surface area contributed by atoms with Gasteiger partial charge >= 0.3 is 12.1 Å². The maximum atomic E-state index is 13.4. The van der Waals surface area contributed by atoms with E-state index >= 15 is 0 Å². The molecule has 1 aliphatic heterocycles. The van der Waals surface area contributed by atoms with Crippen LogP contribution in [0.15, 0.2) is 54.7 Å². The molecule has 0 spiro atoms. The first-order valence-corrected chi connectivity index (χ1v) is 13.1. The number of amides is 4. The van der Waals surface area contributed by atoms with E-state index in [1.54, 1.807) is 31.3 Å². The fraction of sp³-hybridized carbons (Fsp3) is 0.321. The molecule has 4 amide bonds. The van der Waals surface area contributed by atoms with Crippen LogP contribution in [0.25, 0.3) is 0 Å². The minimum Gasteiger partial charge on any atom is -0.493 e. The number of carbonyl (C=O) groups is 2. The zero-order valence-corrected chi connectivity index (χ0v) is 23.0. The third-order valence-corrected chi connectivity index (χ3v) is 6.38. The second-order valence-electron chi connectivity index (χ2n) is 8.91. The van der Waals surface area contributed by atoms with E-state index in [2.05, 4.69) is 15.6 Å². The van der Waals surface area contributed by atoms with E-state index in [0.717, 1.165) is 23.2 Å². The quantitative estimate of drug-likeness (QED) is 0.326. The van der Waals surface area contributed by atoms with Crippen LogP contribution in [0.2, 0.25) is 0 Å². The number of ether oxygens (including phenoxy) is 3. The topological polar surface area (TPSA) is 105 Å². The van der Waals surface area contributed by atoms with E-state index in [1.807, 2.05) is 48.2 Å². The minimum absolute atomic E-state index is 0.0519. The zero-order chi connectivity index (χ0) is 27.8. The Morgan fingerprint density at radius 1 is 1.03 bits per heavy atom. The highest BCUT2D eigenvalue weighted by molar-refractivity contribution is 6.18. The molecule has 1 saturated heterocycles. The van der Waals surface area contributed by atoms with Crippen molar-refractivity contribution in [3.8, 4) is 23.1 Å². The van der Waals surface area contributed by atoms with E-state index in [1.165, 1.54) is 6.20 Å². The van der Waals surface area contributed by atoms with Crippen molar-refractivity contribution >= 4 is 35.0 Å². The van der Waals surface area contributed by atoms with E-state index < -0.39 is 0 Å². The molecule has 10 nitrogen and oxygen atoms in total. The van der Waals surface area contributed by atoms with Crippen LogP contribution in [-0.4, -0.2) is 61.7 Å². The van der Waals surface area contributed by atoms with Gasteiger partial charge in [0.2, 0.25) is 5.88 Å². The largest absolute Gasteiger partial charge is 0.493 e. The van der Waals surface area contributed by atoms with E-state index in [4.69, 9.17) is 25.8 Å². The number of nitrogens with one attached hydrogen (secondary N) is 2. The Morgan fingerprint density at radius 3 is 2.51 bits per heavy atom. The zero-order valence-electron chi connectivity index (χ0n) is 22.2. The summed E-state index contributed by atoms with van der Waals surface area (Å²) in [5.41, 5.74) is 3.16. The van der Waals surface area contributed by atoms with E-state index in [9.17, 15) is 9.59 Å². The molecule has 1 aliphatic rings. The minimum atomic E-state index is -0.355. The molecule has 4 rings (SSSR count). The van der Waals surface area contributed by atoms with Crippen molar-refractivity contribution < 1.29 is 23.8 Å². The van der Waals surface area contributed by atoms with Gasteiger partial charge in [0.05, 0.1) is 26.1 Å². The standard InChI is InChI=1S/C28H32ClN5O5/c1-19-15-22(7-9-23(19)39-26-10-6-21(17-31-26)32-27(35)30-12-11-29)34-14-4-13-33(28(34)36)18-20-5-8-24(37-2)25(16-20)38-3/h5-10,15-17H,4,11-14,18H2,1-3H3,(H2,30,32,35). The monoisotopic (exact) mass is 553 g/mol. The number of hydrogen-bond acceptors (Lipinski definition) is 6. The lowest BCUT2D eigenvalue weighted by Gasteiger charge is -2.36. The number of urea groups is 2. The van der Waals surface area contributed by atoms with Gasteiger partial charge in [0.15, 0.2) is 11.5 Å². The molecule has 1 aromatic heterocycles. The predicted octanol–water partition coefficient (Wildman–Crippen LogP) is 5.39. The highest BCUT2D eigenvalue weighted by Crippen LogP contribution is 2.31. The van der Waals surface area contributed by atoms with Crippen LogP contribution in [0.1, 0.15) is 17.5 Å². The molecule has 0 radical (unpaired) electrons. The number of anilines is 2. The number of rotatable bonds is 10. The van der Waals surface area contributed by atoms with Crippen LogP contribution >= 0.6 is 11.6 Å². The van der Waals surface area contributed by atoms with Crippen molar-refractivity contribution in [1.82, 2.24) is 15.2 Å². The van der Waals surface area contributed by atoms with Gasteiger partial charge in [0, 0.05) is 43.8 Å². The maximum absolute atomic E-state index is 13.4. The van der Waals surface area contributed by atoms with Crippen LogP contribution in [0, 0.1) is 6.92 Å². The predicted molar refractivity (Wildman–Crippen MR) is 151 cm³/mol. The summed E-state index contributed by atoms with van der Waals surface area (Å²) < 4.78 is 16.7. The Morgan fingerprint density at radius 2 is 1.82 bits per heavy atom. The number of nitrogens with zero attached hydrogens (tertiary/aromatic N) is 3. The third kappa shape index (κ3) is 7.02. The molecule has 1 fully saturated rings. The molecule has 2 N–H and O–H groups in total. The summed E-state index contributed by atoms with van der Waals surface area (Å²) in [6, 6.07) is 14.3. The van der Waals surface area contributed by atoms with Gasteiger partial charge in [-0.15, -0.1) is 11.6 Å². The van der Waals surface area contributed by atoms with Crippen LogP contribution in [0.3, 0.4) is 0 Å². The second kappa shape index (κ2) is 13.1. The van der Waals surface area contributed by atoms with E-state index in [0.29, 0.717) is 60.9 Å². The van der Waals surface area contributed by atoms with Gasteiger partial charge in [-0.3, -0.25) is 4.90 Å². The molecule has 2 heterocycles. The number of alkyl halides is 1. The normalized spacial score (nSPS) is 13.2. The number of benzene rings is 2. The van der Waals surface area contributed by atoms with Crippen molar-refractivity contribution in [3.05, 3.63) is 65.9 Å². The lowest BCUT2D eigenvalue weighted by atomic mass is 10.1. The molecule has 2 aromatic carbocycles. The van der Waals surface area contributed by atoms with E-state index in [-0.39, 0.29) is 12.1 Å². The molecule has 0 unspecified atom stereocenters. The number of aromatic nitrogens is 1. The Bertz CT molecular complexity index is 1300. The summed E-state index contributed by atoms with van der Waals surface area (Å²) in [6.45, 7) is 4.08. The number of halogens is 1. The van der Waals surface area contributed by atoms with Gasteiger partial charge in [-0.05, 0) is 60.9 Å². The summed E-state index contributed by atoms with van der Waals surface area (Å²) >= 11 is 5.57. The second-order valence-corrected chi connectivity index (χ2v) is 9.28. The molecule has 0 atom stereocenters. The fourth-order valence-electron chi connectivity index (χ4n) is 4.25. The number of hydrogen-bond donors (Lipinski definition) is 2. The van der Waals surface area contributed by atoms with Gasteiger partial charge in [0.25, 0.3) is 0 Å². The van der Waals surface area contributed by atoms with Crippen molar-refractivity contribution in [1.29, 1.82) is 0 Å². The van der Waals surface area contributed by atoms with Crippen LogP contribution in [0.4, 0.5) is 21.0 Å². The van der Waals surface area contributed by atoms with Crippen LogP contribution in [-0.2, 0) is 6.54 Å². The Labute approximate surface area is 232 Å². The van der Waals surface area contributed by atoms with Crippen LogP contribution < -0.4 is 29.7 Å². The SMILES string of the molecule is COc1ccc(CN2CCCN(c3ccc(Oc4ccc(NC(=O)NCCCl)cn4)c(C)c3)C2=O)cc1OC. The Hall–Kier alpha value is -4.18. The van der Waals surface area contributed by atoms with Gasteiger partial charge in [0.1, 0.15) is 5.75 Å². The maximum Gasteiger partial charge on any atom is 0.324 e. The number of methoxy groups -OCH3 is 2. The van der Waals surface area contributed by atoms with Crippen LogP contribution in [0.5, 0.6) is 23.1 Å². The average Bonchev–Trinajstić information content (AvgIpc) is 2.95. The van der Waals surface area contributed by atoms with Crippen molar-refractivity contribution in [2.75, 3.05) is 50.0 Å². The van der Waals surface area contributed by atoms with Gasteiger partial charge in [-0.2, -0.15) is 0 Å². The first kappa shape index (κ1) is 27.8. The molecule has 0 saturated carbocycles. The lowest BCUT2D eigenvalue weighted by Crippen LogP contribution is -2.49. The van der Waals surface area contributed by atoms with Crippen molar-refractivity contribution in [2.45, 2.75) is 19.9 Å². The third-order valence-electron chi connectivity index (χ3n) is 6.19. The molecule has 3 aromatic rings. The highest BCUT2D eigenvalue weighted by Gasteiger charge is 2.27. The summed E-state index contributed by atoms with van der Waals surface area (Å²) in [4.78, 5) is 33.0. The summed E-state index contributed by atoms with van der Waals surface area (Å²) in [6.07, 6.45) is 2.36. The first-order chi connectivity index (χ1) is 18.9. The summed E-state index contributed by atoms with van der Waals surface area (Å²) in [5.74, 6) is 2.63. The fourth-order valence-corrected chi connectivity index (χ4v) is 4.34. The molecule has 0 bridgehead atoms.